The van der Waals surface area contributed by atoms with Crippen LogP contribution in [-0.2, 0) is 12.8 Å². The molecular formula is C15H20ClN3S. The molecule has 0 saturated carbocycles. The Balaban J connectivity index is 1.95. The smallest absolute Gasteiger partial charge is 0.128 e. The molecule has 0 amide bonds. The van der Waals surface area contributed by atoms with Gasteiger partial charge in [-0.3, -0.25) is 0 Å². The zero-order chi connectivity index (χ0) is 14.5. The normalized spacial score (nSPS) is 12.6. The SMILES string of the molecule is CCNC(C)c1ccc(SCc2ncc(Cl)n2C)cc1. The van der Waals surface area contributed by atoms with E-state index in [-0.39, 0.29) is 0 Å². The van der Waals surface area contributed by atoms with E-state index >= 15 is 0 Å². The Morgan fingerprint density at radius 3 is 2.60 bits per heavy atom. The van der Waals surface area contributed by atoms with Crippen LogP contribution in [0.5, 0.6) is 0 Å². The summed E-state index contributed by atoms with van der Waals surface area (Å²) in [4.78, 5) is 5.55. The van der Waals surface area contributed by atoms with Crippen LogP contribution in [0.3, 0.4) is 0 Å². The predicted octanol–water partition coefficient (Wildman–Crippen LogP) is 4.04. The van der Waals surface area contributed by atoms with Gasteiger partial charge in [-0.05, 0) is 31.2 Å². The zero-order valence-electron chi connectivity index (χ0n) is 12.1. The fourth-order valence-electron chi connectivity index (χ4n) is 1.98. The average Bonchev–Trinajstić information content (AvgIpc) is 2.77. The maximum absolute atomic E-state index is 5.98. The van der Waals surface area contributed by atoms with Crippen molar-refractivity contribution in [3.8, 4) is 0 Å². The molecule has 0 aliphatic heterocycles. The summed E-state index contributed by atoms with van der Waals surface area (Å²) in [5.41, 5.74) is 1.32. The van der Waals surface area contributed by atoms with Gasteiger partial charge in [-0.2, -0.15) is 0 Å². The number of halogens is 1. The van der Waals surface area contributed by atoms with Crippen LogP contribution in [-0.4, -0.2) is 16.1 Å². The average molecular weight is 310 g/mol. The number of imidazole rings is 1. The Labute approximate surface area is 129 Å². The van der Waals surface area contributed by atoms with Crippen molar-refractivity contribution in [2.75, 3.05) is 6.54 Å². The summed E-state index contributed by atoms with van der Waals surface area (Å²) in [5.74, 6) is 1.82. The van der Waals surface area contributed by atoms with E-state index in [9.17, 15) is 0 Å². The lowest BCUT2D eigenvalue weighted by molar-refractivity contribution is 0.598. The summed E-state index contributed by atoms with van der Waals surface area (Å²) < 4.78 is 1.91. The highest BCUT2D eigenvalue weighted by Crippen LogP contribution is 2.24. The van der Waals surface area contributed by atoms with Crippen LogP contribution in [0.25, 0.3) is 0 Å². The Bertz CT molecular complexity index is 551. The summed E-state index contributed by atoms with van der Waals surface area (Å²) in [6.07, 6.45) is 1.69. The van der Waals surface area contributed by atoms with Gasteiger partial charge in [0, 0.05) is 18.0 Å². The van der Waals surface area contributed by atoms with E-state index in [2.05, 4.69) is 48.4 Å². The molecule has 0 spiro atoms. The minimum absolute atomic E-state index is 0.396. The third-order valence-electron chi connectivity index (χ3n) is 3.29. The highest BCUT2D eigenvalue weighted by Gasteiger charge is 2.06. The lowest BCUT2D eigenvalue weighted by atomic mass is 10.1. The van der Waals surface area contributed by atoms with E-state index in [1.165, 1.54) is 10.5 Å². The van der Waals surface area contributed by atoms with Crippen molar-refractivity contribution in [3.63, 3.8) is 0 Å². The summed E-state index contributed by atoms with van der Waals surface area (Å²) in [7, 11) is 1.94. The molecule has 0 saturated heterocycles. The molecule has 1 atom stereocenters. The minimum atomic E-state index is 0.396. The summed E-state index contributed by atoms with van der Waals surface area (Å²) in [5, 5.41) is 4.09. The van der Waals surface area contributed by atoms with Gasteiger partial charge in [0.1, 0.15) is 11.0 Å². The van der Waals surface area contributed by atoms with Crippen LogP contribution in [0.2, 0.25) is 5.15 Å². The molecule has 20 heavy (non-hydrogen) atoms. The van der Waals surface area contributed by atoms with Gasteiger partial charge in [0.25, 0.3) is 0 Å². The van der Waals surface area contributed by atoms with Crippen molar-refractivity contribution in [3.05, 3.63) is 47.0 Å². The van der Waals surface area contributed by atoms with E-state index in [1.54, 1.807) is 18.0 Å². The largest absolute Gasteiger partial charge is 0.322 e. The van der Waals surface area contributed by atoms with Gasteiger partial charge in [-0.1, -0.05) is 30.7 Å². The Morgan fingerprint density at radius 2 is 2.05 bits per heavy atom. The van der Waals surface area contributed by atoms with E-state index in [1.807, 2.05) is 11.6 Å². The van der Waals surface area contributed by atoms with Crippen molar-refractivity contribution >= 4 is 23.4 Å². The first-order valence-electron chi connectivity index (χ1n) is 6.74. The van der Waals surface area contributed by atoms with Gasteiger partial charge in [-0.15, -0.1) is 11.8 Å². The third-order valence-corrected chi connectivity index (χ3v) is 4.65. The fraction of sp³-hybridized carbons (Fsp3) is 0.400. The molecule has 108 valence electrons. The molecule has 1 heterocycles. The van der Waals surface area contributed by atoms with E-state index in [4.69, 9.17) is 11.6 Å². The highest BCUT2D eigenvalue weighted by atomic mass is 35.5. The minimum Gasteiger partial charge on any atom is -0.322 e. The molecule has 0 fully saturated rings. The number of rotatable bonds is 6. The summed E-state index contributed by atoms with van der Waals surface area (Å²) in [6.45, 7) is 5.29. The van der Waals surface area contributed by atoms with Crippen LogP contribution in [0.4, 0.5) is 0 Å². The molecule has 1 aromatic heterocycles. The third kappa shape index (κ3) is 3.78. The summed E-state index contributed by atoms with van der Waals surface area (Å²) >= 11 is 7.75. The summed E-state index contributed by atoms with van der Waals surface area (Å²) in [6, 6.07) is 9.09. The van der Waals surface area contributed by atoms with Crippen molar-refractivity contribution < 1.29 is 0 Å². The van der Waals surface area contributed by atoms with Gasteiger partial charge in [-0.25, -0.2) is 4.98 Å². The lowest BCUT2D eigenvalue weighted by Crippen LogP contribution is -2.17. The molecule has 0 aliphatic carbocycles. The molecule has 0 aliphatic rings. The highest BCUT2D eigenvalue weighted by molar-refractivity contribution is 7.98. The molecule has 1 unspecified atom stereocenters. The fourth-order valence-corrected chi connectivity index (χ4v) is 3.02. The molecule has 0 radical (unpaired) electrons. The van der Waals surface area contributed by atoms with Crippen LogP contribution < -0.4 is 5.32 Å². The number of hydrogen-bond acceptors (Lipinski definition) is 3. The monoisotopic (exact) mass is 309 g/mol. The maximum atomic E-state index is 5.98. The number of nitrogens with one attached hydrogen (secondary N) is 1. The first kappa shape index (κ1) is 15.4. The molecule has 2 rings (SSSR count). The van der Waals surface area contributed by atoms with Gasteiger partial charge in [0.15, 0.2) is 0 Å². The van der Waals surface area contributed by atoms with E-state index in [0.717, 1.165) is 18.1 Å². The van der Waals surface area contributed by atoms with Gasteiger partial charge in [0.05, 0.1) is 11.9 Å². The lowest BCUT2D eigenvalue weighted by Gasteiger charge is -2.13. The molecular weight excluding hydrogens is 290 g/mol. The first-order chi connectivity index (χ1) is 9.61. The quantitative estimate of drug-likeness (QED) is 0.817. The second kappa shape index (κ2) is 7.16. The van der Waals surface area contributed by atoms with Gasteiger partial charge in [0.2, 0.25) is 0 Å². The number of nitrogens with zero attached hydrogens (tertiary/aromatic N) is 2. The van der Waals surface area contributed by atoms with Crippen molar-refractivity contribution in [2.24, 2.45) is 7.05 Å². The molecule has 1 aromatic carbocycles. The number of hydrogen-bond donors (Lipinski definition) is 1. The maximum Gasteiger partial charge on any atom is 0.128 e. The second-order valence-corrected chi connectivity index (χ2v) is 6.13. The number of aromatic nitrogens is 2. The van der Waals surface area contributed by atoms with Crippen molar-refractivity contribution in [1.29, 1.82) is 0 Å². The van der Waals surface area contributed by atoms with Gasteiger partial charge >= 0.3 is 0 Å². The van der Waals surface area contributed by atoms with Crippen LogP contribution in [0.1, 0.15) is 31.3 Å². The van der Waals surface area contributed by atoms with Crippen LogP contribution in [0, 0.1) is 0 Å². The molecule has 1 N–H and O–H groups in total. The zero-order valence-corrected chi connectivity index (χ0v) is 13.6. The number of benzene rings is 1. The van der Waals surface area contributed by atoms with Crippen LogP contribution in [0.15, 0.2) is 35.4 Å². The van der Waals surface area contributed by atoms with Crippen LogP contribution >= 0.6 is 23.4 Å². The first-order valence-corrected chi connectivity index (χ1v) is 8.10. The van der Waals surface area contributed by atoms with E-state index in [0.29, 0.717) is 11.2 Å². The topological polar surface area (TPSA) is 29.9 Å². The second-order valence-electron chi connectivity index (χ2n) is 4.69. The van der Waals surface area contributed by atoms with Gasteiger partial charge < -0.3 is 9.88 Å². The molecule has 5 heteroatoms. The van der Waals surface area contributed by atoms with Crippen molar-refractivity contribution in [1.82, 2.24) is 14.9 Å². The Morgan fingerprint density at radius 1 is 1.35 bits per heavy atom. The standard InChI is InChI=1S/C15H20ClN3S/c1-4-17-11(2)12-5-7-13(8-6-12)20-10-15-18-9-14(16)19(15)3/h5-9,11,17H,4,10H2,1-3H3. The predicted molar refractivity (Wildman–Crippen MR) is 86.3 cm³/mol. The molecule has 3 nitrogen and oxygen atoms in total. The Kier molecular flexibility index (Phi) is 5.52. The Hall–Kier alpha value is -0.970. The van der Waals surface area contributed by atoms with Crippen molar-refractivity contribution in [2.45, 2.75) is 30.5 Å². The molecule has 0 bridgehead atoms. The molecule has 2 aromatic rings. The van der Waals surface area contributed by atoms with E-state index < -0.39 is 0 Å². The number of thioether (sulfide) groups is 1.